The topological polar surface area (TPSA) is 25.4 Å². The summed E-state index contributed by atoms with van der Waals surface area (Å²) in [6.45, 7) is 8.40. The van der Waals surface area contributed by atoms with Gasteiger partial charge < -0.3 is 9.64 Å². The molecule has 0 bridgehead atoms. The number of rotatable bonds is 7. The first-order valence-corrected chi connectivity index (χ1v) is 7.93. The van der Waals surface area contributed by atoms with E-state index in [1.807, 2.05) is 18.2 Å². The van der Waals surface area contributed by atoms with E-state index in [4.69, 9.17) is 4.74 Å². The van der Waals surface area contributed by atoms with E-state index < -0.39 is 0 Å². The standard InChI is InChI=1S/C16H21BrN2O/c1-3-19(4-2)10-5-11-20-16-8-9-18-15-7-6-13(17)12-14(15)16/h6-9,12H,3-5,10-11H2,1-2H3. The van der Waals surface area contributed by atoms with Gasteiger partial charge in [0.05, 0.1) is 12.1 Å². The Morgan fingerprint density at radius 1 is 1.20 bits per heavy atom. The summed E-state index contributed by atoms with van der Waals surface area (Å²) in [7, 11) is 0. The molecule has 2 aromatic rings. The molecule has 1 heterocycles. The molecular weight excluding hydrogens is 316 g/mol. The lowest BCUT2D eigenvalue weighted by Crippen LogP contribution is -2.25. The molecule has 108 valence electrons. The van der Waals surface area contributed by atoms with Crippen LogP contribution in [0.1, 0.15) is 20.3 Å². The van der Waals surface area contributed by atoms with E-state index in [1.54, 1.807) is 6.20 Å². The summed E-state index contributed by atoms with van der Waals surface area (Å²) in [5.74, 6) is 0.913. The van der Waals surface area contributed by atoms with Crippen molar-refractivity contribution < 1.29 is 4.74 Å². The van der Waals surface area contributed by atoms with Crippen LogP contribution in [-0.4, -0.2) is 36.1 Å². The summed E-state index contributed by atoms with van der Waals surface area (Å²) in [5, 5.41) is 1.06. The first-order chi connectivity index (χ1) is 9.74. The highest BCUT2D eigenvalue weighted by Gasteiger charge is 2.04. The summed E-state index contributed by atoms with van der Waals surface area (Å²) in [6.07, 6.45) is 2.84. The lowest BCUT2D eigenvalue weighted by Gasteiger charge is -2.18. The van der Waals surface area contributed by atoms with E-state index in [9.17, 15) is 0 Å². The highest BCUT2D eigenvalue weighted by Crippen LogP contribution is 2.26. The van der Waals surface area contributed by atoms with Crippen LogP contribution < -0.4 is 4.74 Å². The molecule has 0 atom stereocenters. The zero-order valence-electron chi connectivity index (χ0n) is 12.1. The normalized spacial score (nSPS) is 11.2. The van der Waals surface area contributed by atoms with Gasteiger partial charge in [-0.1, -0.05) is 29.8 Å². The minimum Gasteiger partial charge on any atom is -0.493 e. The molecule has 3 nitrogen and oxygen atoms in total. The number of halogens is 1. The quantitative estimate of drug-likeness (QED) is 0.711. The summed E-state index contributed by atoms with van der Waals surface area (Å²) in [6, 6.07) is 8.00. The van der Waals surface area contributed by atoms with Gasteiger partial charge in [0.2, 0.25) is 0 Å². The number of hydrogen-bond acceptors (Lipinski definition) is 3. The number of aromatic nitrogens is 1. The van der Waals surface area contributed by atoms with Crippen molar-refractivity contribution in [2.24, 2.45) is 0 Å². The third-order valence-corrected chi connectivity index (χ3v) is 3.93. The Balaban J connectivity index is 1.98. The molecule has 1 aromatic heterocycles. The molecule has 20 heavy (non-hydrogen) atoms. The molecule has 2 rings (SSSR count). The highest BCUT2D eigenvalue weighted by molar-refractivity contribution is 9.10. The van der Waals surface area contributed by atoms with Crippen LogP contribution in [0.2, 0.25) is 0 Å². The van der Waals surface area contributed by atoms with Gasteiger partial charge in [-0.05, 0) is 43.8 Å². The van der Waals surface area contributed by atoms with Crippen molar-refractivity contribution in [3.05, 3.63) is 34.9 Å². The number of ether oxygens (including phenoxy) is 1. The first kappa shape index (κ1) is 15.3. The van der Waals surface area contributed by atoms with Crippen molar-refractivity contribution in [3.8, 4) is 5.75 Å². The maximum absolute atomic E-state index is 5.93. The minimum atomic E-state index is 0.738. The Bertz CT molecular complexity index is 555. The van der Waals surface area contributed by atoms with Crippen molar-refractivity contribution in [1.82, 2.24) is 9.88 Å². The van der Waals surface area contributed by atoms with Crippen LogP contribution in [-0.2, 0) is 0 Å². The Morgan fingerprint density at radius 3 is 2.75 bits per heavy atom. The number of hydrogen-bond donors (Lipinski definition) is 0. The fourth-order valence-electron chi connectivity index (χ4n) is 2.23. The minimum absolute atomic E-state index is 0.738. The van der Waals surface area contributed by atoms with Gasteiger partial charge in [0.1, 0.15) is 5.75 Å². The Hall–Kier alpha value is -1.13. The van der Waals surface area contributed by atoms with Crippen molar-refractivity contribution in [1.29, 1.82) is 0 Å². The van der Waals surface area contributed by atoms with Gasteiger partial charge in [-0.25, -0.2) is 0 Å². The molecule has 4 heteroatoms. The van der Waals surface area contributed by atoms with Crippen molar-refractivity contribution in [3.63, 3.8) is 0 Å². The van der Waals surface area contributed by atoms with Crippen molar-refractivity contribution in [2.45, 2.75) is 20.3 Å². The van der Waals surface area contributed by atoms with Crippen LogP contribution in [0.4, 0.5) is 0 Å². The van der Waals surface area contributed by atoms with Crippen LogP contribution in [0, 0.1) is 0 Å². The summed E-state index contributed by atoms with van der Waals surface area (Å²) < 4.78 is 6.97. The smallest absolute Gasteiger partial charge is 0.130 e. The number of fused-ring (bicyclic) bond motifs is 1. The van der Waals surface area contributed by atoms with Crippen LogP contribution in [0.25, 0.3) is 10.9 Å². The van der Waals surface area contributed by atoms with E-state index in [0.29, 0.717) is 0 Å². The third kappa shape index (κ3) is 3.93. The lowest BCUT2D eigenvalue weighted by atomic mass is 10.2. The Labute approximate surface area is 129 Å². The zero-order chi connectivity index (χ0) is 14.4. The largest absolute Gasteiger partial charge is 0.493 e. The second-order valence-corrected chi connectivity index (χ2v) is 5.62. The van der Waals surface area contributed by atoms with Gasteiger partial charge >= 0.3 is 0 Å². The SMILES string of the molecule is CCN(CC)CCCOc1ccnc2ccc(Br)cc12. The van der Waals surface area contributed by atoms with E-state index in [0.717, 1.165) is 53.8 Å². The Kier molecular flexibility index (Phi) is 5.80. The van der Waals surface area contributed by atoms with E-state index in [-0.39, 0.29) is 0 Å². The molecule has 0 aliphatic carbocycles. The van der Waals surface area contributed by atoms with Gasteiger partial charge in [-0.15, -0.1) is 0 Å². The van der Waals surface area contributed by atoms with Crippen molar-refractivity contribution >= 4 is 26.8 Å². The molecule has 1 aromatic carbocycles. The molecule has 0 N–H and O–H groups in total. The van der Waals surface area contributed by atoms with Crippen LogP contribution in [0.3, 0.4) is 0 Å². The monoisotopic (exact) mass is 336 g/mol. The van der Waals surface area contributed by atoms with Crippen molar-refractivity contribution in [2.75, 3.05) is 26.2 Å². The predicted molar refractivity (Wildman–Crippen MR) is 87.3 cm³/mol. The maximum atomic E-state index is 5.93. The van der Waals surface area contributed by atoms with Gasteiger partial charge in [0, 0.05) is 22.6 Å². The molecule has 0 amide bonds. The van der Waals surface area contributed by atoms with Gasteiger partial charge in [0.15, 0.2) is 0 Å². The molecule has 0 aliphatic rings. The molecule has 0 spiro atoms. The number of pyridine rings is 1. The molecule has 0 radical (unpaired) electrons. The average Bonchev–Trinajstić information content (AvgIpc) is 2.47. The zero-order valence-corrected chi connectivity index (χ0v) is 13.7. The van der Waals surface area contributed by atoms with E-state index in [2.05, 4.69) is 45.7 Å². The summed E-state index contributed by atoms with van der Waals surface area (Å²) in [4.78, 5) is 6.76. The van der Waals surface area contributed by atoms with Crippen LogP contribution in [0.15, 0.2) is 34.9 Å². The fourth-order valence-corrected chi connectivity index (χ4v) is 2.59. The molecular formula is C16H21BrN2O. The summed E-state index contributed by atoms with van der Waals surface area (Å²) >= 11 is 3.50. The first-order valence-electron chi connectivity index (χ1n) is 7.14. The highest BCUT2D eigenvalue weighted by atomic mass is 79.9. The van der Waals surface area contributed by atoms with Crippen LogP contribution >= 0.6 is 15.9 Å². The van der Waals surface area contributed by atoms with Gasteiger partial charge in [0.25, 0.3) is 0 Å². The second-order valence-electron chi connectivity index (χ2n) is 4.70. The number of benzene rings is 1. The van der Waals surface area contributed by atoms with E-state index >= 15 is 0 Å². The molecule has 0 fully saturated rings. The average molecular weight is 337 g/mol. The summed E-state index contributed by atoms with van der Waals surface area (Å²) in [5.41, 5.74) is 0.967. The molecule has 0 saturated carbocycles. The molecule has 0 aliphatic heterocycles. The third-order valence-electron chi connectivity index (χ3n) is 3.43. The van der Waals surface area contributed by atoms with Crippen LogP contribution in [0.5, 0.6) is 5.75 Å². The van der Waals surface area contributed by atoms with Gasteiger partial charge in [-0.3, -0.25) is 4.98 Å². The van der Waals surface area contributed by atoms with Gasteiger partial charge in [-0.2, -0.15) is 0 Å². The predicted octanol–water partition coefficient (Wildman–Crippen LogP) is 4.11. The second kappa shape index (κ2) is 7.60. The fraction of sp³-hybridized carbons (Fsp3) is 0.438. The lowest BCUT2D eigenvalue weighted by molar-refractivity contribution is 0.250. The van der Waals surface area contributed by atoms with E-state index in [1.165, 1.54) is 0 Å². The number of nitrogens with zero attached hydrogens (tertiary/aromatic N) is 2. The Morgan fingerprint density at radius 2 is 2.00 bits per heavy atom. The molecule has 0 saturated heterocycles. The molecule has 0 unspecified atom stereocenters. The maximum Gasteiger partial charge on any atom is 0.130 e.